The summed E-state index contributed by atoms with van der Waals surface area (Å²) in [7, 11) is -9.92. The summed E-state index contributed by atoms with van der Waals surface area (Å²) in [6.07, 6.45) is 72.4. The number of phosphoric ester groups is 2. The maximum absolute atomic E-state index is 13.1. The average Bonchev–Trinajstić information content (AvgIpc) is 0.921. The molecule has 0 aromatic carbocycles. The molecule has 0 aromatic heterocycles. The number of carbonyl (C=O) groups excluding carboxylic acids is 4. The number of aliphatic hydroxyl groups excluding tert-OH is 1. The molecule has 0 aliphatic rings. The van der Waals surface area contributed by atoms with Crippen LogP contribution in [0.15, 0.2) is 0 Å². The van der Waals surface area contributed by atoms with Gasteiger partial charge in [0.05, 0.1) is 26.4 Å². The van der Waals surface area contributed by atoms with Gasteiger partial charge in [0.25, 0.3) is 0 Å². The largest absolute Gasteiger partial charge is 0.472 e. The molecule has 105 heavy (non-hydrogen) atoms. The first kappa shape index (κ1) is 103. The van der Waals surface area contributed by atoms with Gasteiger partial charge in [-0.2, -0.15) is 0 Å². The second-order valence-corrected chi connectivity index (χ2v) is 34.3. The Morgan fingerprint density at radius 2 is 0.438 bits per heavy atom. The second kappa shape index (κ2) is 78.7. The van der Waals surface area contributed by atoms with E-state index in [0.717, 1.165) is 95.8 Å². The van der Waals surface area contributed by atoms with Gasteiger partial charge in [-0.3, -0.25) is 37.3 Å². The van der Waals surface area contributed by atoms with E-state index in [-0.39, 0.29) is 25.7 Å². The number of hydrogen-bond donors (Lipinski definition) is 3. The van der Waals surface area contributed by atoms with E-state index >= 15 is 0 Å². The lowest BCUT2D eigenvalue weighted by Gasteiger charge is -2.21. The van der Waals surface area contributed by atoms with Crippen molar-refractivity contribution < 1.29 is 80.2 Å². The summed E-state index contributed by atoms with van der Waals surface area (Å²) in [6.45, 7) is 7.33. The SMILES string of the molecule is CCCCCCCCCCCCCCCCCCCCCCCC(=O)OC[C@H](COP(=O)(O)OC[C@@H](O)COP(=O)(O)OC[C@@H](COC(=O)CCCCCCCCCCCC)OC(=O)CCCCCCCCCCCCC(C)C)OC(=O)CCCCCCCCCCCCCCCCCCCCCCC. The van der Waals surface area contributed by atoms with Crippen molar-refractivity contribution in [1.82, 2.24) is 0 Å². The molecule has 19 heteroatoms. The Labute approximate surface area is 645 Å². The van der Waals surface area contributed by atoms with Gasteiger partial charge in [0.15, 0.2) is 12.2 Å². The highest BCUT2D eigenvalue weighted by Crippen LogP contribution is 2.45. The van der Waals surface area contributed by atoms with Crippen LogP contribution in [0.3, 0.4) is 0 Å². The minimum Gasteiger partial charge on any atom is -0.462 e. The van der Waals surface area contributed by atoms with Crippen LogP contribution >= 0.6 is 15.6 Å². The first-order valence-corrected chi connectivity index (χ1v) is 47.6. The number of hydrogen-bond acceptors (Lipinski definition) is 15. The monoisotopic (exact) mass is 1540 g/mol. The maximum Gasteiger partial charge on any atom is 0.472 e. The summed E-state index contributed by atoms with van der Waals surface area (Å²) < 4.78 is 68.8. The smallest absolute Gasteiger partial charge is 0.462 e. The van der Waals surface area contributed by atoms with Crippen molar-refractivity contribution >= 4 is 39.5 Å². The van der Waals surface area contributed by atoms with Crippen molar-refractivity contribution in [2.45, 2.75) is 483 Å². The number of esters is 4. The lowest BCUT2D eigenvalue weighted by atomic mass is 10.0. The van der Waals surface area contributed by atoms with E-state index in [1.165, 1.54) is 289 Å². The number of aliphatic hydroxyl groups is 1. The van der Waals surface area contributed by atoms with E-state index in [2.05, 4.69) is 34.6 Å². The fourth-order valence-electron chi connectivity index (χ4n) is 13.5. The zero-order valence-electron chi connectivity index (χ0n) is 68.9. The Bertz CT molecular complexity index is 2000. The quantitative estimate of drug-likeness (QED) is 0.0222. The van der Waals surface area contributed by atoms with E-state index in [1.54, 1.807) is 0 Å². The molecule has 5 atom stereocenters. The molecule has 0 amide bonds. The molecule has 0 saturated heterocycles. The summed E-state index contributed by atoms with van der Waals surface area (Å²) in [4.78, 5) is 73.2. The molecule has 0 aromatic rings. The van der Waals surface area contributed by atoms with Crippen LogP contribution in [-0.2, 0) is 65.4 Å². The third kappa shape index (κ3) is 79.9. The number of ether oxygens (including phenoxy) is 4. The molecule has 17 nitrogen and oxygen atoms in total. The molecule has 0 fully saturated rings. The molecule has 0 heterocycles. The highest BCUT2D eigenvalue weighted by atomic mass is 31.2. The van der Waals surface area contributed by atoms with Crippen LogP contribution in [0.5, 0.6) is 0 Å². The molecule has 0 spiro atoms. The summed E-state index contributed by atoms with van der Waals surface area (Å²) in [6, 6.07) is 0. The predicted molar refractivity (Wildman–Crippen MR) is 432 cm³/mol. The molecule has 624 valence electrons. The lowest BCUT2D eigenvalue weighted by Crippen LogP contribution is -2.30. The van der Waals surface area contributed by atoms with Gasteiger partial charge in [-0.1, -0.05) is 413 Å². The van der Waals surface area contributed by atoms with E-state index in [9.17, 15) is 43.2 Å². The van der Waals surface area contributed by atoms with Crippen LogP contribution in [0.25, 0.3) is 0 Å². The second-order valence-electron chi connectivity index (χ2n) is 31.4. The van der Waals surface area contributed by atoms with Crippen LogP contribution in [0.4, 0.5) is 0 Å². The molecule has 0 radical (unpaired) electrons. The van der Waals surface area contributed by atoms with Crippen molar-refractivity contribution in [2.24, 2.45) is 5.92 Å². The van der Waals surface area contributed by atoms with Gasteiger partial charge in [-0.05, 0) is 31.6 Å². The molecule has 0 aliphatic heterocycles. The maximum atomic E-state index is 13.1. The van der Waals surface area contributed by atoms with Crippen molar-refractivity contribution in [1.29, 1.82) is 0 Å². The lowest BCUT2D eigenvalue weighted by molar-refractivity contribution is -0.161. The fraction of sp³-hybridized carbons (Fsp3) is 0.953. The fourth-order valence-corrected chi connectivity index (χ4v) is 15.1. The molecule has 0 aliphatic carbocycles. The zero-order valence-corrected chi connectivity index (χ0v) is 70.7. The van der Waals surface area contributed by atoms with Gasteiger partial charge in [0.1, 0.15) is 19.3 Å². The average molecular weight is 1540 g/mol. The van der Waals surface area contributed by atoms with Gasteiger partial charge in [-0.25, -0.2) is 9.13 Å². The van der Waals surface area contributed by atoms with Gasteiger partial charge < -0.3 is 33.8 Å². The minimum absolute atomic E-state index is 0.107. The highest BCUT2D eigenvalue weighted by molar-refractivity contribution is 7.47. The van der Waals surface area contributed by atoms with Crippen LogP contribution in [0.1, 0.15) is 465 Å². The molecule has 3 N–H and O–H groups in total. The number of unbranched alkanes of at least 4 members (excludes halogenated alkanes) is 58. The Hall–Kier alpha value is -1.94. The zero-order chi connectivity index (χ0) is 76.9. The molecule has 0 rings (SSSR count). The Morgan fingerprint density at radius 3 is 0.648 bits per heavy atom. The van der Waals surface area contributed by atoms with E-state index < -0.39 is 97.5 Å². The predicted octanol–water partition coefficient (Wildman–Crippen LogP) is 26.4. The van der Waals surface area contributed by atoms with Gasteiger partial charge >= 0.3 is 39.5 Å². The third-order valence-electron chi connectivity index (χ3n) is 20.3. The van der Waals surface area contributed by atoms with E-state index in [0.29, 0.717) is 25.7 Å². The standard InChI is InChI=1S/C86H168O17P2/c1-6-9-12-15-18-21-24-26-28-30-32-34-36-38-40-42-44-50-55-60-65-70-84(89)97-76-82(102-85(90)71-66-61-56-51-45-43-41-39-37-35-33-31-29-27-25-22-19-16-13-10-7-2)78-101-105(94,95)99-74-80(87)73-98-104(92,93)100-77-81(75-96-83(88)69-64-59-54-49-23-20-17-14-11-8-3)103-86(91)72-67-62-57-52-47-46-48-53-58-63-68-79(4)5/h79-82,87H,6-78H2,1-5H3,(H,92,93)(H,94,95)/t80-,81+,82+/m0/s1. The number of carbonyl (C=O) groups is 4. The number of rotatable bonds is 86. The summed E-state index contributed by atoms with van der Waals surface area (Å²) in [5.41, 5.74) is 0. The van der Waals surface area contributed by atoms with Crippen LogP contribution < -0.4 is 0 Å². The normalized spacial score (nSPS) is 13.8. The number of phosphoric acid groups is 2. The first-order chi connectivity index (χ1) is 51.0. The molecular formula is C86H168O17P2. The van der Waals surface area contributed by atoms with Crippen molar-refractivity contribution in [2.75, 3.05) is 39.6 Å². The van der Waals surface area contributed by atoms with Crippen molar-refractivity contribution in [3.05, 3.63) is 0 Å². The van der Waals surface area contributed by atoms with Gasteiger partial charge in [-0.15, -0.1) is 0 Å². The van der Waals surface area contributed by atoms with Gasteiger partial charge in [0, 0.05) is 25.7 Å². The highest BCUT2D eigenvalue weighted by Gasteiger charge is 2.30. The van der Waals surface area contributed by atoms with Crippen LogP contribution in [0.2, 0.25) is 0 Å². The third-order valence-corrected chi connectivity index (χ3v) is 22.2. The van der Waals surface area contributed by atoms with Crippen LogP contribution in [-0.4, -0.2) is 96.7 Å². The van der Waals surface area contributed by atoms with Gasteiger partial charge in [0.2, 0.25) is 0 Å². The molecular weight excluding hydrogens is 1370 g/mol. The Balaban J connectivity index is 5.20. The molecule has 0 saturated carbocycles. The first-order valence-electron chi connectivity index (χ1n) is 44.6. The molecule has 2 unspecified atom stereocenters. The topological polar surface area (TPSA) is 237 Å². The van der Waals surface area contributed by atoms with Crippen molar-refractivity contribution in [3.8, 4) is 0 Å². The Morgan fingerprint density at radius 1 is 0.257 bits per heavy atom. The van der Waals surface area contributed by atoms with Crippen LogP contribution in [0, 0.1) is 5.92 Å². The van der Waals surface area contributed by atoms with E-state index in [4.69, 9.17) is 37.0 Å². The summed E-state index contributed by atoms with van der Waals surface area (Å²) >= 11 is 0. The molecule has 0 bridgehead atoms. The minimum atomic E-state index is -4.97. The summed E-state index contributed by atoms with van der Waals surface area (Å²) in [5, 5.41) is 10.7. The van der Waals surface area contributed by atoms with Crippen molar-refractivity contribution in [3.63, 3.8) is 0 Å². The summed E-state index contributed by atoms with van der Waals surface area (Å²) in [5.74, 6) is -1.35. The Kier molecular flexibility index (Phi) is 77.3. The van der Waals surface area contributed by atoms with E-state index in [1.807, 2.05) is 0 Å².